The average molecular weight is 434 g/mol. The molecule has 2 atom stereocenters. The largest absolute Gasteiger partial charge is 0.456 e. The second-order valence-corrected chi connectivity index (χ2v) is 9.15. The Morgan fingerprint density at radius 3 is 2.62 bits per heavy atom. The van der Waals surface area contributed by atoms with Crippen LogP contribution in [0.5, 0.6) is 0 Å². The molecular weight excluding hydrogens is 406 g/mol. The van der Waals surface area contributed by atoms with Gasteiger partial charge in [-0.1, -0.05) is 12.8 Å². The number of aromatic nitrogens is 3. The van der Waals surface area contributed by atoms with E-state index in [4.69, 9.17) is 9.84 Å². The molecule has 8 nitrogen and oxygen atoms in total. The first-order valence-electron chi connectivity index (χ1n) is 10.9. The van der Waals surface area contributed by atoms with Crippen LogP contribution < -0.4 is 10.9 Å². The third-order valence-corrected chi connectivity index (χ3v) is 5.62. The molecule has 0 radical (unpaired) electrons. The number of anilines is 2. The summed E-state index contributed by atoms with van der Waals surface area (Å²) in [6, 6.07) is 11.0. The van der Waals surface area contributed by atoms with Gasteiger partial charge in [-0.3, -0.25) is 9.48 Å². The van der Waals surface area contributed by atoms with Crippen molar-refractivity contribution in [3.63, 3.8) is 0 Å². The number of hydrogen-bond donors (Lipinski definition) is 2. The minimum atomic E-state index is -0.568. The third kappa shape index (κ3) is 4.37. The number of benzene rings is 1. The Kier molecular flexibility index (Phi) is 5.74. The van der Waals surface area contributed by atoms with E-state index < -0.39 is 11.6 Å². The minimum Gasteiger partial charge on any atom is -0.456 e. The van der Waals surface area contributed by atoms with Crippen molar-refractivity contribution in [1.29, 1.82) is 5.26 Å². The molecule has 1 fully saturated rings. The van der Waals surface area contributed by atoms with Crippen LogP contribution in [0.2, 0.25) is 0 Å². The summed E-state index contributed by atoms with van der Waals surface area (Å²) in [7, 11) is 0. The van der Waals surface area contributed by atoms with Crippen LogP contribution in [0.1, 0.15) is 62.9 Å². The number of hydrogen-bond acceptors (Lipinski definition) is 6. The van der Waals surface area contributed by atoms with E-state index in [-0.39, 0.29) is 17.5 Å². The highest BCUT2D eigenvalue weighted by molar-refractivity contribution is 5.92. The smallest absolute Gasteiger partial charge is 0.338 e. The van der Waals surface area contributed by atoms with Crippen molar-refractivity contribution in [3.05, 3.63) is 52.4 Å². The number of rotatable bonds is 4. The Labute approximate surface area is 186 Å². The van der Waals surface area contributed by atoms with Gasteiger partial charge in [0.25, 0.3) is 5.56 Å². The molecule has 0 aliphatic heterocycles. The van der Waals surface area contributed by atoms with Crippen LogP contribution in [-0.2, 0) is 4.74 Å². The fraction of sp³-hybridized carbons (Fsp3) is 0.417. The van der Waals surface area contributed by atoms with Gasteiger partial charge in [0.2, 0.25) is 0 Å². The summed E-state index contributed by atoms with van der Waals surface area (Å²) in [6.45, 7) is 5.47. The van der Waals surface area contributed by atoms with Crippen molar-refractivity contribution in [2.24, 2.45) is 5.92 Å². The molecular formula is C24H27N5O3. The summed E-state index contributed by atoms with van der Waals surface area (Å²) >= 11 is 0. The van der Waals surface area contributed by atoms with E-state index in [0.29, 0.717) is 28.0 Å². The molecule has 0 saturated heterocycles. The van der Waals surface area contributed by atoms with Crippen molar-refractivity contribution >= 4 is 28.4 Å². The number of carbonyl (C=O) groups excluding carboxylic acids is 1. The maximum absolute atomic E-state index is 12.6. The second kappa shape index (κ2) is 8.50. The van der Waals surface area contributed by atoms with Crippen LogP contribution in [0.15, 0.2) is 41.3 Å². The van der Waals surface area contributed by atoms with Gasteiger partial charge in [0.1, 0.15) is 11.0 Å². The highest BCUT2D eigenvalue weighted by Crippen LogP contribution is 2.36. The van der Waals surface area contributed by atoms with E-state index >= 15 is 0 Å². The van der Waals surface area contributed by atoms with Crippen molar-refractivity contribution in [2.45, 2.75) is 58.1 Å². The normalized spacial score (nSPS) is 18.8. The Bertz CT molecular complexity index is 1230. The van der Waals surface area contributed by atoms with Crippen molar-refractivity contribution in [3.8, 4) is 6.07 Å². The molecule has 3 aromatic rings. The van der Waals surface area contributed by atoms with Crippen molar-refractivity contribution in [1.82, 2.24) is 14.8 Å². The summed E-state index contributed by atoms with van der Waals surface area (Å²) in [4.78, 5) is 27.6. The molecule has 4 rings (SSSR count). The predicted octanol–water partition coefficient (Wildman–Crippen LogP) is 4.68. The van der Waals surface area contributed by atoms with Gasteiger partial charge in [-0.15, -0.1) is 0 Å². The SMILES string of the molecule is CC(C)(C)OC(=O)c1ccc(Nc2nn([C@H]3CCCCC3C#N)c3cc[nH]c(=O)c23)cc1. The first-order valence-corrected chi connectivity index (χ1v) is 10.9. The van der Waals surface area contributed by atoms with E-state index in [1.54, 1.807) is 30.5 Å². The van der Waals surface area contributed by atoms with Crippen LogP contribution in [0.3, 0.4) is 0 Å². The minimum absolute atomic E-state index is 0.0665. The van der Waals surface area contributed by atoms with Crippen LogP contribution in [-0.4, -0.2) is 26.3 Å². The first kappa shape index (κ1) is 21.6. The highest BCUT2D eigenvalue weighted by Gasteiger charge is 2.29. The summed E-state index contributed by atoms with van der Waals surface area (Å²) < 4.78 is 7.23. The molecule has 1 aliphatic carbocycles. The summed E-state index contributed by atoms with van der Waals surface area (Å²) in [5.41, 5.74) is 1.02. The van der Waals surface area contributed by atoms with Crippen LogP contribution >= 0.6 is 0 Å². The van der Waals surface area contributed by atoms with Gasteiger partial charge in [-0.2, -0.15) is 10.4 Å². The average Bonchev–Trinajstić information content (AvgIpc) is 3.12. The zero-order valence-electron chi connectivity index (χ0n) is 18.5. The van der Waals surface area contributed by atoms with Gasteiger partial charge in [-0.25, -0.2) is 4.79 Å². The zero-order chi connectivity index (χ0) is 22.9. The quantitative estimate of drug-likeness (QED) is 0.578. The number of nitrogens with one attached hydrogen (secondary N) is 2. The molecule has 8 heteroatoms. The number of aromatic amines is 1. The number of esters is 1. The summed E-state index contributed by atoms with van der Waals surface area (Å²) in [6.07, 6.45) is 5.35. The van der Waals surface area contributed by atoms with Gasteiger partial charge < -0.3 is 15.0 Å². The number of fused-ring (bicyclic) bond motifs is 1. The van der Waals surface area contributed by atoms with E-state index in [1.165, 1.54) is 0 Å². The molecule has 1 unspecified atom stereocenters. The number of nitrogens with zero attached hydrogens (tertiary/aromatic N) is 3. The summed E-state index contributed by atoms with van der Waals surface area (Å²) in [5.74, 6) is -0.101. The third-order valence-electron chi connectivity index (χ3n) is 5.62. The monoisotopic (exact) mass is 433 g/mol. The second-order valence-electron chi connectivity index (χ2n) is 9.15. The number of pyridine rings is 1. The number of nitriles is 1. The van der Waals surface area contributed by atoms with E-state index in [1.807, 2.05) is 31.5 Å². The predicted molar refractivity (Wildman–Crippen MR) is 122 cm³/mol. The molecule has 2 heterocycles. The fourth-order valence-electron chi connectivity index (χ4n) is 4.16. The van der Waals surface area contributed by atoms with Gasteiger partial charge >= 0.3 is 5.97 Å². The maximum Gasteiger partial charge on any atom is 0.338 e. The van der Waals surface area contributed by atoms with E-state index in [0.717, 1.165) is 25.7 Å². The molecule has 0 bridgehead atoms. The Hall–Kier alpha value is -3.60. The Morgan fingerprint density at radius 2 is 1.94 bits per heavy atom. The lowest BCUT2D eigenvalue weighted by Gasteiger charge is -2.27. The van der Waals surface area contributed by atoms with Gasteiger partial charge in [0.05, 0.1) is 29.1 Å². The molecule has 2 aromatic heterocycles. The van der Waals surface area contributed by atoms with E-state index in [2.05, 4.69) is 16.4 Å². The molecule has 1 aromatic carbocycles. The highest BCUT2D eigenvalue weighted by atomic mass is 16.6. The molecule has 0 amide bonds. The van der Waals surface area contributed by atoms with Crippen molar-refractivity contribution < 1.29 is 9.53 Å². The van der Waals surface area contributed by atoms with Crippen LogP contribution in [0.25, 0.3) is 10.9 Å². The first-order chi connectivity index (χ1) is 15.3. The van der Waals surface area contributed by atoms with Gasteiger partial charge in [0, 0.05) is 11.9 Å². The van der Waals surface area contributed by atoms with Crippen LogP contribution in [0, 0.1) is 17.2 Å². The zero-order valence-corrected chi connectivity index (χ0v) is 18.5. The van der Waals surface area contributed by atoms with E-state index in [9.17, 15) is 14.9 Å². The lowest BCUT2D eigenvalue weighted by molar-refractivity contribution is 0.00695. The lowest BCUT2D eigenvalue weighted by Crippen LogP contribution is -2.23. The lowest BCUT2D eigenvalue weighted by atomic mass is 9.85. The molecule has 166 valence electrons. The van der Waals surface area contributed by atoms with Gasteiger partial charge in [-0.05, 0) is 63.9 Å². The maximum atomic E-state index is 12.6. The van der Waals surface area contributed by atoms with Crippen LogP contribution in [0.4, 0.5) is 11.5 Å². The molecule has 0 spiro atoms. The fourth-order valence-corrected chi connectivity index (χ4v) is 4.16. The summed E-state index contributed by atoms with van der Waals surface area (Å²) in [5, 5.41) is 18.0. The molecule has 1 aliphatic rings. The number of ether oxygens (including phenoxy) is 1. The number of carbonyl (C=O) groups is 1. The molecule has 2 N–H and O–H groups in total. The molecule has 1 saturated carbocycles. The Morgan fingerprint density at radius 1 is 1.22 bits per heavy atom. The standard InChI is InChI=1S/C24H27N5O3/c1-24(2,3)32-23(31)15-8-10-17(11-9-15)27-21-20-19(12-13-26-22(20)30)29(28-21)18-7-5-4-6-16(18)14-25/h8-13,16,18H,4-7H2,1-3H3,(H,26,30)(H,27,28)/t16?,18-/m0/s1. The van der Waals surface area contributed by atoms with Gasteiger partial charge in [0.15, 0.2) is 5.82 Å². The topological polar surface area (TPSA) is 113 Å². The number of H-pyrrole nitrogens is 1. The Balaban J connectivity index is 1.66. The molecule has 32 heavy (non-hydrogen) atoms. The van der Waals surface area contributed by atoms with Crippen molar-refractivity contribution in [2.75, 3.05) is 5.32 Å².